The van der Waals surface area contributed by atoms with Gasteiger partial charge in [-0.1, -0.05) is 0 Å². The summed E-state index contributed by atoms with van der Waals surface area (Å²) in [5, 5.41) is 12.7. The van der Waals surface area contributed by atoms with Crippen LogP contribution in [0.3, 0.4) is 0 Å². The SMILES string of the molecule is CC(CCC(=O)O)NC(=O)CNCC(F)(F)F. The molecule has 0 spiro atoms. The summed E-state index contributed by atoms with van der Waals surface area (Å²) in [7, 11) is 0. The lowest BCUT2D eigenvalue weighted by Gasteiger charge is -2.13. The summed E-state index contributed by atoms with van der Waals surface area (Å²) in [6.07, 6.45) is -4.22. The molecular weight excluding hydrogens is 241 g/mol. The molecule has 3 N–H and O–H groups in total. The van der Waals surface area contributed by atoms with Gasteiger partial charge in [-0.05, 0) is 13.3 Å². The van der Waals surface area contributed by atoms with Crippen LogP contribution in [0.2, 0.25) is 0 Å². The molecule has 0 heterocycles. The van der Waals surface area contributed by atoms with Crippen molar-refractivity contribution < 1.29 is 27.9 Å². The van der Waals surface area contributed by atoms with Crippen LogP contribution in [0.4, 0.5) is 13.2 Å². The first kappa shape index (κ1) is 15.7. The van der Waals surface area contributed by atoms with Gasteiger partial charge < -0.3 is 15.7 Å². The zero-order chi connectivity index (χ0) is 13.5. The summed E-state index contributed by atoms with van der Waals surface area (Å²) in [5.41, 5.74) is 0. The molecule has 0 rings (SSSR count). The summed E-state index contributed by atoms with van der Waals surface area (Å²) < 4.78 is 35.2. The third-order valence-electron chi connectivity index (χ3n) is 1.81. The third-order valence-corrected chi connectivity index (χ3v) is 1.81. The van der Waals surface area contributed by atoms with E-state index in [4.69, 9.17) is 5.11 Å². The van der Waals surface area contributed by atoms with Crippen molar-refractivity contribution in [1.82, 2.24) is 10.6 Å². The van der Waals surface area contributed by atoms with E-state index in [1.54, 1.807) is 6.92 Å². The first-order valence-corrected chi connectivity index (χ1v) is 4.99. The summed E-state index contributed by atoms with van der Waals surface area (Å²) in [6.45, 7) is -0.0918. The number of amides is 1. The summed E-state index contributed by atoms with van der Waals surface area (Å²) in [6, 6.07) is -0.383. The van der Waals surface area contributed by atoms with Gasteiger partial charge in [0.1, 0.15) is 0 Å². The number of carbonyl (C=O) groups excluding carboxylic acids is 1. The van der Waals surface area contributed by atoms with Gasteiger partial charge in [0.05, 0.1) is 13.1 Å². The van der Waals surface area contributed by atoms with Crippen molar-refractivity contribution in [1.29, 1.82) is 0 Å². The first-order chi connectivity index (χ1) is 7.70. The van der Waals surface area contributed by atoms with Gasteiger partial charge in [0.25, 0.3) is 0 Å². The maximum absolute atomic E-state index is 11.7. The van der Waals surface area contributed by atoms with E-state index in [1.807, 2.05) is 5.32 Å². The lowest BCUT2D eigenvalue weighted by atomic mass is 10.2. The van der Waals surface area contributed by atoms with Crippen molar-refractivity contribution in [2.24, 2.45) is 0 Å². The number of aliphatic carboxylic acids is 1. The van der Waals surface area contributed by atoms with Gasteiger partial charge in [0.2, 0.25) is 5.91 Å². The molecule has 1 amide bonds. The van der Waals surface area contributed by atoms with Gasteiger partial charge >= 0.3 is 12.1 Å². The van der Waals surface area contributed by atoms with Crippen LogP contribution in [0.25, 0.3) is 0 Å². The summed E-state index contributed by atoms with van der Waals surface area (Å²) in [4.78, 5) is 21.3. The number of carboxylic acid groups (broad SMARTS) is 1. The number of carbonyl (C=O) groups is 2. The van der Waals surface area contributed by atoms with Crippen LogP contribution in [0.5, 0.6) is 0 Å². The van der Waals surface area contributed by atoms with E-state index in [9.17, 15) is 22.8 Å². The molecule has 0 aliphatic rings. The maximum Gasteiger partial charge on any atom is 0.401 e. The molecule has 0 aromatic carbocycles. The molecule has 0 saturated heterocycles. The zero-order valence-electron chi connectivity index (χ0n) is 9.30. The van der Waals surface area contributed by atoms with Crippen molar-refractivity contribution >= 4 is 11.9 Å². The Kier molecular flexibility index (Phi) is 6.55. The molecule has 5 nitrogen and oxygen atoms in total. The Morgan fingerprint density at radius 2 is 1.94 bits per heavy atom. The maximum atomic E-state index is 11.7. The molecule has 0 saturated carbocycles. The van der Waals surface area contributed by atoms with Gasteiger partial charge in [-0.15, -0.1) is 0 Å². The Morgan fingerprint density at radius 3 is 2.41 bits per heavy atom. The molecular formula is C9H15F3N2O3. The van der Waals surface area contributed by atoms with Crippen LogP contribution >= 0.6 is 0 Å². The number of carboxylic acids is 1. The predicted octanol–water partition coefficient (Wildman–Crippen LogP) is 0.508. The summed E-state index contributed by atoms with van der Waals surface area (Å²) in [5.74, 6) is -1.58. The van der Waals surface area contributed by atoms with Gasteiger partial charge in [-0.3, -0.25) is 9.59 Å². The lowest BCUT2D eigenvalue weighted by molar-refractivity contribution is -0.137. The number of hydrogen-bond donors (Lipinski definition) is 3. The molecule has 0 bridgehead atoms. The van der Waals surface area contributed by atoms with Crippen molar-refractivity contribution in [3.05, 3.63) is 0 Å². The highest BCUT2D eigenvalue weighted by atomic mass is 19.4. The minimum atomic E-state index is -4.35. The molecule has 0 aromatic heterocycles. The highest BCUT2D eigenvalue weighted by molar-refractivity contribution is 5.78. The Morgan fingerprint density at radius 1 is 1.35 bits per heavy atom. The van der Waals surface area contributed by atoms with E-state index >= 15 is 0 Å². The standard InChI is InChI=1S/C9H15F3N2O3/c1-6(2-3-8(16)17)14-7(15)4-13-5-9(10,11)12/h6,13H,2-5H2,1H3,(H,14,15)(H,16,17). The topological polar surface area (TPSA) is 78.4 Å². The van der Waals surface area contributed by atoms with Crippen LogP contribution in [-0.2, 0) is 9.59 Å². The summed E-state index contributed by atoms with van der Waals surface area (Å²) >= 11 is 0. The number of alkyl halides is 3. The monoisotopic (exact) mass is 256 g/mol. The van der Waals surface area contributed by atoms with E-state index in [1.165, 1.54) is 0 Å². The molecule has 0 aromatic rings. The largest absolute Gasteiger partial charge is 0.481 e. The second kappa shape index (κ2) is 7.10. The number of rotatable bonds is 7. The normalized spacial score (nSPS) is 13.2. The van der Waals surface area contributed by atoms with Crippen molar-refractivity contribution in [2.75, 3.05) is 13.1 Å². The Labute approximate surface area is 96.4 Å². The van der Waals surface area contributed by atoms with E-state index in [2.05, 4.69) is 5.32 Å². The van der Waals surface area contributed by atoms with Crippen LogP contribution in [0, 0.1) is 0 Å². The predicted molar refractivity (Wildman–Crippen MR) is 53.4 cm³/mol. The smallest absolute Gasteiger partial charge is 0.401 e. The second-order valence-corrected chi connectivity index (χ2v) is 3.62. The second-order valence-electron chi connectivity index (χ2n) is 3.62. The van der Waals surface area contributed by atoms with E-state index in [0.29, 0.717) is 0 Å². The number of hydrogen-bond acceptors (Lipinski definition) is 3. The molecule has 1 unspecified atom stereocenters. The average Bonchev–Trinajstić information content (AvgIpc) is 2.12. The first-order valence-electron chi connectivity index (χ1n) is 4.99. The quantitative estimate of drug-likeness (QED) is 0.620. The third kappa shape index (κ3) is 11.0. The lowest BCUT2D eigenvalue weighted by Crippen LogP contribution is -2.41. The van der Waals surface area contributed by atoms with Gasteiger partial charge in [0.15, 0.2) is 0 Å². The minimum Gasteiger partial charge on any atom is -0.481 e. The van der Waals surface area contributed by atoms with Crippen LogP contribution in [-0.4, -0.2) is 42.3 Å². The highest BCUT2D eigenvalue weighted by Gasteiger charge is 2.26. The minimum absolute atomic E-state index is 0.0998. The number of nitrogens with one attached hydrogen (secondary N) is 2. The molecule has 0 fully saturated rings. The van der Waals surface area contributed by atoms with Crippen molar-refractivity contribution in [3.8, 4) is 0 Å². The Balaban J connectivity index is 3.68. The average molecular weight is 256 g/mol. The van der Waals surface area contributed by atoms with Crippen LogP contribution in [0.15, 0.2) is 0 Å². The molecule has 0 radical (unpaired) electrons. The van der Waals surface area contributed by atoms with Crippen molar-refractivity contribution in [3.63, 3.8) is 0 Å². The van der Waals surface area contributed by atoms with Gasteiger partial charge in [-0.25, -0.2) is 0 Å². The molecule has 100 valence electrons. The number of halogens is 3. The molecule has 8 heteroatoms. The Bertz CT molecular complexity index is 269. The molecule has 1 atom stereocenters. The molecule has 17 heavy (non-hydrogen) atoms. The highest BCUT2D eigenvalue weighted by Crippen LogP contribution is 2.11. The fourth-order valence-corrected chi connectivity index (χ4v) is 1.06. The van der Waals surface area contributed by atoms with E-state index < -0.39 is 31.1 Å². The molecule has 0 aliphatic carbocycles. The van der Waals surface area contributed by atoms with E-state index in [0.717, 1.165) is 0 Å². The fraction of sp³-hybridized carbons (Fsp3) is 0.778. The zero-order valence-corrected chi connectivity index (χ0v) is 9.30. The van der Waals surface area contributed by atoms with E-state index in [-0.39, 0.29) is 18.9 Å². The van der Waals surface area contributed by atoms with Crippen molar-refractivity contribution in [2.45, 2.75) is 32.0 Å². The van der Waals surface area contributed by atoms with Crippen LogP contribution in [0.1, 0.15) is 19.8 Å². The van der Waals surface area contributed by atoms with Crippen LogP contribution < -0.4 is 10.6 Å². The van der Waals surface area contributed by atoms with Gasteiger partial charge in [0, 0.05) is 12.5 Å². The molecule has 0 aliphatic heterocycles. The Hall–Kier alpha value is -1.31. The van der Waals surface area contributed by atoms with Gasteiger partial charge in [-0.2, -0.15) is 13.2 Å². The fourth-order valence-electron chi connectivity index (χ4n) is 1.06.